The Labute approximate surface area is 164 Å². The number of anilines is 1. The van der Waals surface area contributed by atoms with Crippen LogP contribution in [0.15, 0.2) is 30.5 Å². The summed E-state index contributed by atoms with van der Waals surface area (Å²) in [6.07, 6.45) is 3.86. The Morgan fingerprint density at radius 3 is 2.35 bits per heavy atom. The van der Waals surface area contributed by atoms with Crippen molar-refractivity contribution in [3.63, 3.8) is 0 Å². The Morgan fingerprint density at radius 2 is 1.69 bits per heavy atom. The van der Waals surface area contributed by atoms with Crippen molar-refractivity contribution in [2.45, 2.75) is 33.6 Å². The molecule has 0 radical (unpaired) electrons. The second-order valence-corrected chi connectivity index (χ2v) is 7.19. The summed E-state index contributed by atoms with van der Waals surface area (Å²) in [4.78, 5) is 7.12. The molecule has 26 heavy (non-hydrogen) atoms. The number of pyridine rings is 1. The highest BCUT2D eigenvalue weighted by molar-refractivity contribution is 6.36. The van der Waals surface area contributed by atoms with Crippen LogP contribution in [0.25, 0.3) is 22.2 Å². The van der Waals surface area contributed by atoms with Crippen LogP contribution in [0.5, 0.6) is 0 Å². The lowest BCUT2D eigenvalue weighted by atomic mass is 10.0. The van der Waals surface area contributed by atoms with Crippen LogP contribution in [0.2, 0.25) is 10.0 Å². The molecule has 6 heteroatoms. The van der Waals surface area contributed by atoms with Gasteiger partial charge in [-0.1, -0.05) is 43.1 Å². The van der Waals surface area contributed by atoms with Crippen LogP contribution < -0.4 is 4.90 Å². The molecule has 0 aliphatic carbocycles. The Kier molecular flexibility index (Phi) is 5.94. The van der Waals surface area contributed by atoms with Crippen LogP contribution in [0.3, 0.4) is 0 Å². The summed E-state index contributed by atoms with van der Waals surface area (Å²) in [5.74, 6) is 0. The van der Waals surface area contributed by atoms with Gasteiger partial charge in [0.15, 0.2) is 0 Å². The largest absolute Gasteiger partial charge is 0.370 e. The van der Waals surface area contributed by atoms with Gasteiger partial charge in [-0.05, 0) is 38.0 Å². The van der Waals surface area contributed by atoms with Crippen LogP contribution in [0.1, 0.15) is 32.4 Å². The zero-order valence-electron chi connectivity index (χ0n) is 15.3. The van der Waals surface area contributed by atoms with Crippen LogP contribution >= 0.6 is 23.2 Å². The summed E-state index contributed by atoms with van der Waals surface area (Å²) in [6.45, 7) is 8.32. The molecule has 4 nitrogen and oxygen atoms in total. The molecule has 3 rings (SSSR count). The number of benzene rings is 1. The van der Waals surface area contributed by atoms with Crippen LogP contribution in [-0.4, -0.2) is 28.3 Å². The van der Waals surface area contributed by atoms with Gasteiger partial charge in [0.05, 0.1) is 16.9 Å². The van der Waals surface area contributed by atoms with Gasteiger partial charge in [-0.15, -0.1) is 5.10 Å². The number of aryl methyl sites for hydroxylation is 1. The summed E-state index contributed by atoms with van der Waals surface area (Å²) < 4.78 is 0. The monoisotopic (exact) mass is 388 g/mol. The first-order chi connectivity index (χ1) is 12.5. The molecule has 136 valence electrons. The smallest absolute Gasteiger partial charge is 0.135 e. The molecule has 0 aliphatic rings. The van der Waals surface area contributed by atoms with E-state index in [-0.39, 0.29) is 0 Å². The minimum atomic E-state index is 0.579. The molecule has 0 fully saturated rings. The highest BCUT2D eigenvalue weighted by atomic mass is 35.5. The number of rotatable bonds is 6. The second kappa shape index (κ2) is 8.19. The second-order valence-electron chi connectivity index (χ2n) is 6.35. The summed E-state index contributed by atoms with van der Waals surface area (Å²) in [5, 5.41) is 9.84. The van der Waals surface area contributed by atoms with Gasteiger partial charge < -0.3 is 4.90 Å². The summed E-state index contributed by atoms with van der Waals surface area (Å²) in [6, 6.07) is 7.56. The predicted octanol–water partition coefficient (Wildman–Crippen LogP) is 5.93. The molecule has 0 unspecified atom stereocenters. The molecule has 1 aromatic carbocycles. The average molecular weight is 389 g/mol. The minimum absolute atomic E-state index is 0.579. The lowest BCUT2D eigenvalue weighted by molar-refractivity contribution is 0.745. The van der Waals surface area contributed by atoms with E-state index < -0.39 is 0 Å². The van der Waals surface area contributed by atoms with E-state index in [2.05, 4.69) is 35.0 Å². The third-order valence-corrected chi connectivity index (χ3v) is 4.80. The standard InChI is InChI=1S/C20H22Cl2N4/c1-4-8-26(9-5-2)18-10-13(3)24-19-16(12-23-25-20(18)19)15-7-6-14(21)11-17(15)22/h6-7,10-12H,4-5,8-9H2,1-3H3. The maximum absolute atomic E-state index is 6.44. The van der Waals surface area contributed by atoms with Crippen molar-refractivity contribution >= 4 is 39.9 Å². The Balaban J connectivity index is 2.25. The first-order valence-corrected chi connectivity index (χ1v) is 9.64. The number of nitrogens with zero attached hydrogens (tertiary/aromatic N) is 4. The van der Waals surface area contributed by atoms with Gasteiger partial charge in [0, 0.05) is 34.9 Å². The molecule has 2 heterocycles. The third kappa shape index (κ3) is 3.76. The van der Waals surface area contributed by atoms with Gasteiger partial charge >= 0.3 is 0 Å². The fraction of sp³-hybridized carbons (Fsp3) is 0.350. The molecule has 0 saturated carbocycles. The van der Waals surface area contributed by atoms with E-state index in [1.165, 1.54) is 0 Å². The summed E-state index contributed by atoms with van der Waals surface area (Å²) in [5.41, 5.74) is 5.38. The fourth-order valence-electron chi connectivity index (χ4n) is 3.18. The number of hydrogen-bond acceptors (Lipinski definition) is 4. The molecule has 3 aromatic rings. The molecule has 0 N–H and O–H groups in total. The van der Waals surface area contributed by atoms with Crippen molar-refractivity contribution < 1.29 is 0 Å². The highest BCUT2D eigenvalue weighted by Crippen LogP contribution is 2.36. The number of halogens is 2. The number of fused-ring (bicyclic) bond motifs is 1. The van der Waals surface area contributed by atoms with Crippen molar-refractivity contribution in [2.75, 3.05) is 18.0 Å². The fourth-order valence-corrected chi connectivity index (χ4v) is 3.69. The molecule has 0 aliphatic heterocycles. The number of hydrogen-bond donors (Lipinski definition) is 0. The van der Waals surface area contributed by atoms with E-state index in [1.54, 1.807) is 12.3 Å². The van der Waals surface area contributed by atoms with Gasteiger partial charge in [-0.3, -0.25) is 4.98 Å². The van der Waals surface area contributed by atoms with Gasteiger partial charge in [-0.2, -0.15) is 5.10 Å². The highest BCUT2D eigenvalue weighted by Gasteiger charge is 2.17. The lowest BCUT2D eigenvalue weighted by Gasteiger charge is -2.25. The Bertz CT molecular complexity index is 921. The summed E-state index contributed by atoms with van der Waals surface area (Å²) >= 11 is 12.5. The van der Waals surface area contributed by atoms with Crippen molar-refractivity contribution in [1.82, 2.24) is 15.2 Å². The molecular weight excluding hydrogens is 367 g/mol. The normalized spacial score (nSPS) is 11.1. The van der Waals surface area contributed by atoms with Gasteiger partial charge in [0.1, 0.15) is 11.0 Å². The van der Waals surface area contributed by atoms with Crippen LogP contribution in [0.4, 0.5) is 5.69 Å². The molecule has 0 bridgehead atoms. The third-order valence-electron chi connectivity index (χ3n) is 4.25. The summed E-state index contributed by atoms with van der Waals surface area (Å²) in [7, 11) is 0. The SMILES string of the molecule is CCCN(CCC)c1cc(C)nc2c(-c3ccc(Cl)cc3Cl)cnnc12. The molecule has 0 amide bonds. The van der Waals surface area contributed by atoms with E-state index >= 15 is 0 Å². The topological polar surface area (TPSA) is 41.9 Å². The van der Waals surface area contributed by atoms with Crippen LogP contribution in [0, 0.1) is 6.92 Å². The van der Waals surface area contributed by atoms with Gasteiger partial charge in [0.2, 0.25) is 0 Å². The van der Waals surface area contributed by atoms with E-state index in [1.807, 2.05) is 19.1 Å². The van der Waals surface area contributed by atoms with E-state index in [0.717, 1.165) is 59.5 Å². The predicted molar refractivity (Wildman–Crippen MR) is 110 cm³/mol. The molecule has 0 spiro atoms. The van der Waals surface area contributed by atoms with Crippen molar-refractivity contribution in [1.29, 1.82) is 0 Å². The minimum Gasteiger partial charge on any atom is -0.370 e. The van der Waals surface area contributed by atoms with Crippen molar-refractivity contribution in [3.05, 3.63) is 46.2 Å². The number of aromatic nitrogens is 3. The first kappa shape index (κ1) is 18.9. The quantitative estimate of drug-likeness (QED) is 0.524. The lowest BCUT2D eigenvalue weighted by Crippen LogP contribution is -2.25. The molecule has 0 atom stereocenters. The maximum Gasteiger partial charge on any atom is 0.135 e. The van der Waals surface area contributed by atoms with E-state index in [9.17, 15) is 0 Å². The van der Waals surface area contributed by atoms with Crippen LogP contribution in [-0.2, 0) is 0 Å². The first-order valence-electron chi connectivity index (χ1n) is 8.88. The molecule has 2 aromatic heterocycles. The van der Waals surface area contributed by atoms with E-state index in [0.29, 0.717) is 10.0 Å². The Morgan fingerprint density at radius 1 is 0.962 bits per heavy atom. The zero-order chi connectivity index (χ0) is 18.7. The average Bonchev–Trinajstić information content (AvgIpc) is 2.61. The van der Waals surface area contributed by atoms with E-state index in [4.69, 9.17) is 28.2 Å². The van der Waals surface area contributed by atoms with Gasteiger partial charge in [-0.25, -0.2) is 0 Å². The van der Waals surface area contributed by atoms with Crippen molar-refractivity contribution in [2.24, 2.45) is 0 Å². The zero-order valence-corrected chi connectivity index (χ0v) is 16.8. The molecular formula is C20H22Cl2N4. The Hall–Kier alpha value is -1.91. The van der Waals surface area contributed by atoms with Gasteiger partial charge in [0.25, 0.3) is 0 Å². The molecule has 0 saturated heterocycles. The maximum atomic E-state index is 6.44. The van der Waals surface area contributed by atoms with Crippen molar-refractivity contribution in [3.8, 4) is 11.1 Å².